The molecule has 2 heterocycles. The highest BCUT2D eigenvalue weighted by atomic mass is 127. The van der Waals surface area contributed by atoms with E-state index in [0.29, 0.717) is 0 Å². The van der Waals surface area contributed by atoms with Crippen molar-refractivity contribution in [2.24, 2.45) is 16.8 Å². The maximum absolute atomic E-state index is 5.47. The van der Waals surface area contributed by atoms with E-state index in [0.717, 1.165) is 70.3 Å². The van der Waals surface area contributed by atoms with Gasteiger partial charge in [0.1, 0.15) is 0 Å². The van der Waals surface area contributed by atoms with Crippen LogP contribution in [0.4, 0.5) is 0 Å². The van der Waals surface area contributed by atoms with Gasteiger partial charge in [-0.05, 0) is 29.4 Å². The molecule has 0 aromatic heterocycles. The predicted octanol–water partition coefficient (Wildman–Crippen LogP) is 2.78. The minimum atomic E-state index is 0. The topological polar surface area (TPSA) is 52.1 Å². The van der Waals surface area contributed by atoms with Gasteiger partial charge in [0, 0.05) is 59.4 Å². The minimum absolute atomic E-state index is 0. The van der Waals surface area contributed by atoms with Crippen LogP contribution in [0.25, 0.3) is 0 Å². The Kier molecular flexibility index (Phi) is 11.4. The zero-order chi connectivity index (χ0) is 20.5. The summed E-state index contributed by atoms with van der Waals surface area (Å²) in [5.41, 5.74) is 2.72. The third kappa shape index (κ3) is 8.32. The smallest absolute Gasteiger partial charge is 0.191 e. The van der Waals surface area contributed by atoms with Crippen LogP contribution in [-0.4, -0.2) is 75.3 Å². The van der Waals surface area contributed by atoms with Gasteiger partial charge >= 0.3 is 0 Å². The Balaban J connectivity index is 0.00000320. The first-order valence-corrected chi connectivity index (χ1v) is 11.2. The van der Waals surface area contributed by atoms with Crippen LogP contribution in [0.2, 0.25) is 0 Å². The molecular weight excluding hydrogens is 489 g/mol. The van der Waals surface area contributed by atoms with Gasteiger partial charge in [-0.2, -0.15) is 0 Å². The molecular formula is C23H40IN5O. The lowest BCUT2D eigenvalue weighted by molar-refractivity contribution is 0.0341. The highest BCUT2D eigenvalue weighted by Crippen LogP contribution is 2.20. The van der Waals surface area contributed by atoms with Crippen LogP contribution in [-0.2, 0) is 17.8 Å². The van der Waals surface area contributed by atoms with Crippen molar-refractivity contribution in [1.29, 1.82) is 0 Å². The summed E-state index contributed by atoms with van der Waals surface area (Å²) >= 11 is 0. The van der Waals surface area contributed by atoms with Gasteiger partial charge in [0.05, 0.1) is 13.2 Å². The summed E-state index contributed by atoms with van der Waals surface area (Å²) in [7, 11) is 1.85. The van der Waals surface area contributed by atoms with Crippen molar-refractivity contribution >= 4 is 29.9 Å². The molecule has 2 aliphatic heterocycles. The zero-order valence-corrected chi connectivity index (χ0v) is 21.2. The number of likely N-dealkylation sites (tertiary alicyclic amines) is 1. The van der Waals surface area contributed by atoms with Crippen LogP contribution in [0.15, 0.2) is 29.3 Å². The molecule has 0 bridgehead atoms. The Morgan fingerprint density at radius 2 is 1.70 bits per heavy atom. The number of hydrogen-bond acceptors (Lipinski definition) is 4. The summed E-state index contributed by atoms with van der Waals surface area (Å²) in [4.78, 5) is 9.46. The SMILES string of the molecule is CN=C(NCCN1CC(C)CC(C)C1)NCc1ccccc1CN1CCOCC1.I. The molecule has 2 fully saturated rings. The van der Waals surface area contributed by atoms with Gasteiger partial charge in [0.15, 0.2) is 5.96 Å². The quantitative estimate of drug-likeness (QED) is 0.323. The molecule has 3 rings (SSSR count). The second-order valence-electron chi connectivity index (χ2n) is 8.72. The Morgan fingerprint density at radius 3 is 2.37 bits per heavy atom. The number of hydrogen-bond donors (Lipinski definition) is 2. The molecule has 2 N–H and O–H groups in total. The standard InChI is InChI=1S/C23H39N5O.HI/c1-19-14-20(2)17-28(16-19)9-8-25-23(24-3)26-15-21-6-4-5-7-22(21)18-27-10-12-29-13-11-27;/h4-7,19-20H,8-18H2,1-3H3,(H2,24,25,26);1H. The number of nitrogens with one attached hydrogen (secondary N) is 2. The maximum Gasteiger partial charge on any atom is 0.191 e. The van der Waals surface area contributed by atoms with E-state index in [4.69, 9.17) is 4.74 Å². The Morgan fingerprint density at radius 1 is 1.03 bits per heavy atom. The molecule has 2 unspecified atom stereocenters. The molecule has 0 spiro atoms. The lowest BCUT2D eigenvalue weighted by atomic mass is 9.92. The van der Waals surface area contributed by atoms with Crippen LogP contribution >= 0.6 is 24.0 Å². The van der Waals surface area contributed by atoms with Crippen molar-refractivity contribution < 1.29 is 4.74 Å². The van der Waals surface area contributed by atoms with Crippen LogP contribution in [0.1, 0.15) is 31.4 Å². The van der Waals surface area contributed by atoms with Gasteiger partial charge in [0.25, 0.3) is 0 Å². The van der Waals surface area contributed by atoms with Gasteiger partial charge in [-0.3, -0.25) is 9.89 Å². The molecule has 1 aromatic rings. The molecule has 6 nitrogen and oxygen atoms in total. The number of guanidine groups is 1. The third-order valence-electron chi connectivity index (χ3n) is 5.95. The number of ether oxygens (including phenoxy) is 1. The first-order chi connectivity index (χ1) is 14.1. The molecule has 0 saturated carbocycles. The summed E-state index contributed by atoms with van der Waals surface area (Å²) in [6.45, 7) is 14.6. The first kappa shape index (κ1) is 25.4. The maximum atomic E-state index is 5.47. The molecule has 2 aliphatic rings. The van der Waals surface area contributed by atoms with Gasteiger partial charge < -0.3 is 20.3 Å². The van der Waals surface area contributed by atoms with Crippen molar-refractivity contribution in [2.45, 2.75) is 33.4 Å². The minimum Gasteiger partial charge on any atom is -0.379 e. The monoisotopic (exact) mass is 529 g/mol. The Bertz CT molecular complexity index is 640. The molecule has 170 valence electrons. The van der Waals surface area contributed by atoms with Crippen molar-refractivity contribution in [3.8, 4) is 0 Å². The van der Waals surface area contributed by atoms with E-state index >= 15 is 0 Å². The number of benzene rings is 1. The molecule has 7 heteroatoms. The second kappa shape index (κ2) is 13.5. The zero-order valence-electron chi connectivity index (χ0n) is 18.9. The van der Waals surface area contributed by atoms with Crippen LogP contribution < -0.4 is 10.6 Å². The van der Waals surface area contributed by atoms with Crippen molar-refractivity contribution in [1.82, 2.24) is 20.4 Å². The summed E-state index contributed by atoms with van der Waals surface area (Å²) in [5.74, 6) is 2.49. The molecule has 0 radical (unpaired) electrons. The lowest BCUT2D eigenvalue weighted by Gasteiger charge is -2.35. The third-order valence-corrected chi connectivity index (χ3v) is 5.95. The van der Waals surface area contributed by atoms with E-state index in [1.807, 2.05) is 7.05 Å². The number of halogens is 1. The second-order valence-corrected chi connectivity index (χ2v) is 8.72. The van der Waals surface area contributed by atoms with Gasteiger partial charge in [0.2, 0.25) is 0 Å². The van der Waals surface area contributed by atoms with Crippen LogP contribution in [0.5, 0.6) is 0 Å². The fourth-order valence-corrected chi connectivity index (χ4v) is 4.59. The highest BCUT2D eigenvalue weighted by Gasteiger charge is 2.21. The number of aliphatic imine (C=N–C) groups is 1. The Labute approximate surface area is 199 Å². The van der Waals surface area contributed by atoms with Crippen molar-refractivity contribution in [2.75, 3.05) is 59.5 Å². The van der Waals surface area contributed by atoms with E-state index in [-0.39, 0.29) is 24.0 Å². The molecule has 0 amide bonds. The summed E-state index contributed by atoms with van der Waals surface area (Å²) in [5, 5.41) is 6.98. The normalized spacial score (nSPS) is 23.6. The summed E-state index contributed by atoms with van der Waals surface area (Å²) in [6.07, 6.45) is 1.36. The van der Waals surface area contributed by atoms with Crippen LogP contribution in [0.3, 0.4) is 0 Å². The van der Waals surface area contributed by atoms with Crippen LogP contribution in [0, 0.1) is 11.8 Å². The van der Waals surface area contributed by atoms with E-state index in [1.165, 1.54) is 30.6 Å². The molecule has 2 saturated heterocycles. The highest BCUT2D eigenvalue weighted by molar-refractivity contribution is 14.0. The molecule has 1 aromatic carbocycles. The lowest BCUT2D eigenvalue weighted by Crippen LogP contribution is -2.45. The number of piperidine rings is 1. The van der Waals surface area contributed by atoms with Gasteiger partial charge in [-0.15, -0.1) is 24.0 Å². The molecule has 30 heavy (non-hydrogen) atoms. The van der Waals surface area contributed by atoms with Crippen molar-refractivity contribution in [3.05, 3.63) is 35.4 Å². The molecule has 2 atom stereocenters. The van der Waals surface area contributed by atoms with Gasteiger partial charge in [-0.25, -0.2) is 0 Å². The van der Waals surface area contributed by atoms with E-state index in [1.54, 1.807) is 0 Å². The van der Waals surface area contributed by atoms with Gasteiger partial charge in [-0.1, -0.05) is 38.1 Å². The van der Waals surface area contributed by atoms with E-state index in [2.05, 4.69) is 63.5 Å². The number of rotatable bonds is 7. The van der Waals surface area contributed by atoms with Crippen molar-refractivity contribution in [3.63, 3.8) is 0 Å². The van der Waals surface area contributed by atoms with E-state index < -0.39 is 0 Å². The van der Waals surface area contributed by atoms with E-state index in [9.17, 15) is 0 Å². The average Bonchev–Trinajstić information content (AvgIpc) is 2.71. The largest absolute Gasteiger partial charge is 0.379 e. The fraction of sp³-hybridized carbons (Fsp3) is 0.696. The summed E-state index contributed by atoms with van der Waals surface area (Å²) in [6, 6.07) is 8.70. The Hall–Kier alpha value is -0.900. The summed E-state index contributed by atoms with van der Waals surface area (Å²) < 4.78 is 5.47. The fourth-order valence-electron chi connectivity index (χ4n) is 4.59. The predicted molar refractivity (Wildman–Crippen MR) is 136 cm³/mol. The average molecular weight is 530 g/mol. The number of nitrogens with zero attached hydrogens (tertiary/aromatic N) is 3. The number of morpholine rings is 1. The first-order valence-electron chi connectivity index (χ1n) is 11.2. The molecule has 0 aliphatic carbocycles.